The van der Waals surface area contributed by atoms with Crippen molar-refractivity contribution in [1.29, 1.82) is 0 Å². The first kappa shape index (κ1) is 22.4. The lowest BCUT2D eigenvalue weighted by Gasteiger charge is -2.23. The van der Waals surface area contributed by atoms with Crippen LogP contribution in [0.5, 0.6) is 0 Å². The molecule has 1 heterocycles. The number of nitrogens with zero attached hydrogens (tertiary/aromatic N) is 1. The second-order valence-corrected chi connectivity index (χ2v) is 6.46. The van der Waals surface area contributed by atoms with E-state index in [2.05, 4.69) is 20.9 Å². The van der Waals surface area contributed by atoms with Gasteiger partial charge in [0.25, 0.3) is 0 Å². The summed E-state index contributed by atoms with van der Waals surface area (Å²) in [6.07, 6.45) is 8.07. The summed E-state index contributed by atoms with van der Waals surface area (Å²) >= 11 is 0. The maximum Gasteiger partial charge on any atom is 0.239 e. The lowest BCUT2D eigenvalue weighted by atomic mass is 9.95. The molecule has 8 heteroatoms. The Balaban J connectivity index is 0.00000312. The number of amides is 1. The Morgan fingerprint density at radius 1 is 1.20 bits per heavy atom. The molecular weight excluding hydrogens is 435 g/mol. The van der Waals surface area contributed by atoms with Crippen LogP contribution in [0.15, 0.2) is 4.99 Å². The molecule has 2 aliphatic rings. The Kier molecular flexibility index (Phi) is 12.2. The van der Waals surface area contributed by atoms with Crippen LogP contribution in [0.1, 0.15) is 44.9 Å². The molecule has 2 fully saturated rings. The van der Waals surface area contributed by atoms with Crippen LogP contribution in [0, 0.1) is 0 Å². The van der Waals surface area contributed by atoms with Crippen LogP contribution < -0.4 is 16.0 Å². The predicted octanol–water partition coefficient (Wildman–Crippen LogP) is 1.41. The fourth-order valence-corrected chi connectivity index (χ4v) is 3.08. The van der Waals surface area contributed by atoms with Crippen LogP contribution in [0.3, 0.4) is 0 Å². The zero-order chi connectivity index (χ0) is 17.0. The number of guanidine groups is 1. The number of hydrogen-bond acceptors (Lipinski definition) is 4. The molecule has 1 unspecified atom stereocenters. The third-order valence-corrected chi connectivity index (χ3v) is 4.47. The van der Waals surface area contributed by atoms with Gasteiger partial charge in [0.05, 0.1) is 19.3 Å². The van der Waals surface area contributed by atoms with Crippen molar-refractivity contribution in [2.24, 2.45) is 4.99 Å². The van der Waals surface area contributed by atoms with E-state index < -0.39 is 0 Å². The summed E-state index contributed by atoms with van der Waals surface area (Å²) in [5.74, 6) is 0.687. The number of rotatable bonds is 8. The van der Waals surface area contributed by atoms with Crippen molar-refractivity contribution in [3.8, 4) is 0 Å². The molecule has 0 aromatic heterocycles. The van der Waals surface area contributed by atoms with Gasteiger partial charge in [-0.2, -0.15) is 0 Å². The van der Waals surface area contributed by atoms with Gasteiger partial charge >= 0.3 is 0 Å². The Labute approximate surface area is 168 Å². The number of nitrogens with one attached hydrogen (secondary N) is 3. The summed E-state index contributed by atoms with van der Waals surface area (Å²) < 4.78 is 11.0. The summed E-state index contributed by atoms with van der Waals surface area (Å²) in [4.78, 5) is 16.1. The molecule has 2 rings (SSSR count). The predicted molar refractivity (Wildman–Crippen MR) is 110 cm³/mol. The van der Waals surface area contributed by atoms with Crippen molar-refractivity contribution in [3.05, 3.63) is 0 Å². The van der Waals surface area contributed by atoms with Gasteiger partial charge in [-0.15, -0.1) is 24.0 Å². The SMILES string of the molecule is CN=C(NCCCOC1CCOC1)NCC(=O)NC1CCCCC1.I. The molecule has 0 aromatic rings. The van der Waals surface area contributed by atoms with Crippen molar-refractivity contribution >= 4 is 35.8 Å². The molecule has 1 aliphatic heterocycles. The zero-order valence-corrected chi connectivity index (χ0v) is 17.6. The second kappa shape index (κ2) is 13.6. The monoisotopic (exact) mass is 468 g/mol. The van der Waals surface area contributed by atoms with Crippen molar-refractivity contribution in [1.82, 2.24) is 16.0 Å². The third kappa shape index (κ3) is 9.60. The van der Waals surface area contributed by atoms with E-state index in [9.17, 15) is 4.79 Å². The van der Waals surface area contributed by atoms with E-state index in [0.29, 0.717) is 25.2 Å². The molecule has 25 heavy (non-hydrogen) atoms. The molecule has 1 saturated carbocycles. The highest BCUT2D eigenvalue weighted by Crippen LogP contribution is 2.17. The molecule has 7 nitrogen and oxygen atoms in total. The average Bonchev–Trinajstić information content (AvgIpc) is 3.11. The van der Waals surface area contributed by atoms with Crippen LogP contribution in [0.2, 0.25) is 0 Å². The molecule has 1 aliphatic carbocycles. The van der Waals surface area contributed by atoms with Crippen LogP contribution in [0.25, 0.3) is 0 Å². The fraction of sp³-hybridized carbons (Fsp3) is 0.882. The van der Waals surface area contributed by atoms with Crippen LogP contribution in [-0.4, -0.2) is 64.0 Å². The number of carbonyl (C=O) groups excluding carboxylic acids is 1. The van der Waals surface area contributed by atoms with E-state index >= 15 is 0 Å². The number of ether oxygens (including phenoxy) is 2. The minimum absolute atomic E-state index is 0. The minimum Gasteiger partial charge on any atom is -0.379 e. The lowest BCUT2D eigenvalue weighted by Crippen LogP contribution is -2.46. The Hall–Kier alpha value is -0.610. The van der Waals surface area contributed by atoms with Crippen molar-refractivity contribution in [2.45, 2.75) is 57.1 Å². The second-order valence-electron chi connectivity index (χ2n) is 6.46. The van der Waals surface area contributed by atoms with Gasteiger partial charge in [-0.05, 0) is 25.7 Å². The molecular formula is C17H33IN4O3. The molecule has 3 N–H and O–H groups in total. The molecule has 1 saturated heterocycles. The van der Waals surface area contributed by atoms with Gasteiger partial charge in [0.1, 0.15) is 0 Å². The van der Waals surface area contributed by atoms with Gasteiger partial charge in [-0.25, -0.2) is 0 Å². The zero-order valence-electron chi connectivity index (χ0n) is 15.2. The largest absolute Gasteiger partial charge is 0.379 e. The maximum atomic E-state index is 12.0. The van der Waals surface area contributed by atoms with E-state index in [1.165, 1.54) is 19.3 Å². The first-order chi connectivity index (χ1) is 11.8. The van der Waals surface area contributed by atoms with Crippen molar-refractivity contribution < 1.29 is 14.3 Å². The smallest absolute Gasteiger partial charge is 0.239 e. The van der Waals surface area contributed by atoms with Gasteiger partial charge in [-0.3, -0.25) is 9.79 Å². The van der Waals surface area contributed by atoms with Crippen LogP contribution >= 0.6 is 24.0 Å². The Morgan fingerprint density at radius 2 is 2.00 bits per heavy atom. The van der Waals surface area contributed by atoms with Gasteiger partial charge < -0.3 is 25.4 Å². The standard InChI is InChI=1S/C17H32N4O3.HI/c1-18-17(19-9-5-10-24-15-8-11-23-13-15)20-12-16(22)21-14-6-3-2-4-7-14;/h14-15H,2-13H2,1H3,(H,21,22)(H2,18,19,20);1H. The van der Waals surface area contributed by atoms with E-state index in [4.69, 9.17) is 9.47 Å². The summed E-state index contributed by atoms with van der Waals surface area (Å²) in [6, 6.07) is 0.347. The fourth-order valence-electron chi connectivity index (χ4n) is 3.08. The highest BCUT2D eigenvalue weighted by molar-refractivity contribution is 14.0. The number of aliphatic imine (C=N–C) groups is 1. The van der Waals surface area contributed by atoms with E-state index in [-0.39, 0.29) is 42.5 Å². The highest BCUT2D eigenvalue weighted by atomic mass is 127. The topological polar surface area (TPSA) is 84.0 Å². The molecule has 1 atom stereocenters. The van der Waals surface area contributed by atoms with Gasteiger partial charge in [-0.1, -0.05) is 19.3 Å². The third-order valence-electron chi connectivity index (χ3n) is 4.47. The van der Waals surface area contributed by atoms with Gasteiger partial charge in [0.2, 0.25) is 5.91 Å². The summed E-state index contributed by atoms with van der Waals surface area (Å²) in [5.41, 5.74) is 0. The van der Waals surface area contributed by atoms with Crippen molar-refractivity contribution in [2.75, 3.05) is 40.0 Å². The van der Waals surface area contributed by atoms with Crippen LogP contribution in [0.4, 0.5) is 0 Å². The average molecular weight is 468 g/mol. The number of hydrogen-bond donors (Lipinski definition) is 3. The molecule has 0 aromatic carbocycles. The van der Waals surface area contributed by atoms with E-state index in [1.54, 1.807) is 7.05 Å². The lowest BCUT2D eigenvalue weighted by molar-refractivity contribution is -0.120. The normalized spacial score (nSPS) is 21.5. The summed E-state index contributed by atoms with van der Waals surface area (Å²) in [5, 5.41) is 9.35. The van der Waals surface area contributed by atoms with E-state index in [1.807, 2.05) is 0 Å². The Bertz CT molecular complexity index is 397. The summed E-state index contributed by atoms with van der Waals surface area (Å²) in [7, 11) is 1.71. The Morgan fingerprint density at radius 3 is 2.68 bits per heavy atom. The highest BCUT2D eigenvalue weighted by Gasteiger charge is 2.16. The van der Waals surface area contributed by atoms with Crippen molar-refractivity contribution in [3.63, 3.8) is 0 Å². The minimum atomic E-state index is 0. The number of halogens is 1. The molecule has 0 bridgehead atoms. The van der Waals surface area contributed by atoms with Gasteiger partial charge in [0.15, 0.2) is 5.96 Å². The number of carbonyl (C=O) groups is 1. The first-order valence-corrected chi connectivity index (χ1v) is 9.21. The molecule has 0 spiro atoms. The quantitative estimate of drug-likeness (QED) is 0.217. The molecule has 1 amide bonds. The van der Waals surface area contributed by atoms with E-state index in [0.717, 1.165) is 38.8 Å². The maximum absolute atomic E-state index is 12.0. The van der Waals surface area contributed by atoms with Gasteiger partial charge in [0, 0.05) is 32.8 Å². The summed E-state index contributed by atoms with van der Waals surface area (Å²) in [6.45, 7) is 3.25. The molecule has 146 valence electrons. The first-order valence-electron chi connectivity index (χ1n) is 9.21. The van der Waals surface area contributed by atoms with Crippen LogP contribution in [-0.2, 0) is 14.3 Å². The molecule has 0 radical (unpaired) electrons.